The van der Waals surface area contributed by atoms with Crippen LogP contribution in [0.2, 0.25) is 12.6 Å². The fraction of sp³-hybridized carbons (Fsp3) is 1.00. The van der Waals surface area contributed by atoms with Crippen molar-refractivity contribution in [3.63, 3.8) is 0 Å². The quantitative estimate of drug-likeness (QED) is 0.303. The fourth-order valence-corrected chi connectivity index (χ4v) is 2.24. The van der Waals surface area contributed by atoms with E-state index in [1.165, 1.54) is 0 Å². The third-order valence-corrected chi connectivity index (χ3v) is 4.90. The van der Waals surface area contributed by atoms with Gasteiger partial charge in [-0.25, -0.2) is 0 Å². The van der Waals surface area contributed by atoms with E-state index < -0.39 is 8.56 Å². The molecule has 0 aliphatic carbocycles. The van der Waals surface area contributed by atoms with Gasteiger partial charge >= 0.3 is 8.56 Å². The smallest absolute Gasteiger partial charge is 0.334 e. The SMILES string of the molecule is CO[Si](C)(CCCOS)OC. The van der Waals surface area contributed by atoms with Crippen molar-refractivity contribution in [1.82, 2.24) is 0 Å². The molecule has 11 heavy (non-hydrogen) atoms. The van der Waals surface area contributed by atoms with Gasteiger partial charge in [0, 0.05) is 14.2 Å². The normalized spacial score (nSPS) is 12.0. The highest BCUT2D eigenvalue weighted by Crippen LogP contribution is 2.13. The molecular formula is C6H16O3SSi. The lowest BCUT2D eigenvalue weighted by Gasteiger charge is -2.22. The van der Waals surface area contributed by atoms with Gasteiger partial charge in [0.1, 0.15) is 0 Å². The van der Waals surface area contributed by atoms with Crippen molar-refractivity contribution in [2.45, 2.75) is 19.0 Å². The maximum atomic E-state index is 5.27. The van der Waals surface area contributed by atoms with Crippen molar-refractivity contribution in [3.8, 4) is 0 Å². The molecule has 0 aromatic rings. The van der Waals surface area contributed by atoms with E-state index in [0.717, 1.165) is 12.5 Å². The topological polar surface area (TPSA) is 27.7 Å². The summed E-state index contributed by atoms with van der Waals surface area (Å²) in [6, 6.07) is 0.945. The van der Waals surface area contributed by atoms with Gasteiger partial charge in [-0.2, -0.15) is 0 Å². The maximum absolute atomic E-state index is 5.27. The third kappa shape index (κ3) is 4.81. The third-order valence-electron chi connectivity index (χ3n) is 1.73. The van der Waals surface area contributed by atoms with Gasteiger partial charge in [-0.1, -0.05) is 0 Å². The van der Waals surface area contributed by atoms with Crippen molar-refractivity contribution in [3.05, 3.63) is 0 Å². The second-order valence-electron chi connectivity index (χ2n) is 2.48. The Kier molecular flexibility index (Phi) is 6.26. The average Bonchev–Trinajstić information content (AvgIpc) is 2.05. The van der Waals surface area contributed by atoms with Crippen LogP contribution in [0.1, 0.15) is 6.42 Å². The second-order valence-corrected chi connectivity index (χ2v) is 6.32. The minimum Gasteiger partial charge on any atom is -0.398 e. The molecule has 0 spiro atoms. The molecule has 0 aromatic heterocycles. The van der Waals surface area contributed by atoms with Gasteiger partial charge < -0.3 is 13.0 Å². The van der Waals surface area contributed by atoms with Crippen LogP contribution in [-0.4, -0.2) is 29.4 Å². The lowest BCUT2D eigenvalue weighted by atomic mass is 10.5. The van der Waals surface area contributed by atoms with Gasteiger partial charge in [0.2, 0.25) is 0 Å². The minimum atomic E-state index is -1.85. The van der Waals surface area contributed by atoms with Crippen LogP contribution < -0.4 is 0 Å². The van der Waals surface area contributed by atoms with E-state index >= 15 is 0 Å². The molecule has 0 amide bonds. The van der Waals surface area contributed by atoms with Crippen molar-refractivity contribution >= 4 is 21.5 Å². The minimum absolute atomic E-state index is 0.651. The first-order chi connectivity index (χ1) is 5.18. The Balaban J connectivity index is 3.51. The molecule has 0 radical (unpaired) electrons. The highest BCUT2D eigenvalue weighted by molar-refractivity contribution is 7.75. The van der Waals surface area contributed by atoms with Crippen molar-refractivity contribution < 1.29 is 13.0 Å². The highest BCUT2D eigenvalue weighted by Gasteiger charge is 2.27. The molecule has 0 rings (SSSR count). The molecule has 3 nitrogen and oxygen atoms in total. The summed E-state index contributed by atoms with van der Waals surface area (Å²) in [6.45, 7) is 2.68. The van der Waals surface area contributed by atoms with E-state index in [2.05, 4.69) is 17.1 Å². The average molecular weight is 196 g/mol. The monoisotopic (exact) mass is 196 g/mol. The number of hydrogen-bond acceptors (Lipinski definition) is 4. The van der Waals surface area contributed by atoms with Crippen molar-refractivity contribution in [1.29, 1.82) is 0 Å². The standard InChI is InChI=1S/C6H16O3SSi/c1-7-11(3,8-2)6-4-5-9-10/h10H,4-6H2,1-3H3. The first-order valence-electron chi connectivity index (χ1n) is 3.55. The molecule has 0 saturated heterocycles. The molecule has 0 fully saturated rings. The van der Waals surface area contributed by atoms with Crippen LogP contribution in [0, 0.1) is 0 Å². The molecule has 0 atom stereocenters. The molecule has 0 aromatic carbocycles. The summed E-state index contributed by atoms with van der Waals surface area (Å²) in [5, 5.41) is 0. The van der Waals surface area contributed by atoms with E-state index in [0.29, 0.717) is 6.61 Å². The molecule has 5 heteroatoms. The van der Waals surface area contributed by atoms with Crippen LogP contribution in [0.4, 0.5) is 0 Å². The maximum Gasteiger partial charge on any atom is 0.334 e. The van der Waals surface area contributed by atoms with Crippen LogP contribution >= 0.6 is 12.9 Å². The van der Waals surface area contributed by atoms with Crippen LogP contribution in [0.3, 0.4) is 0 Å². The van der Waals surface area contributed by atoms with E-state index in [-0.39, 0.29) is 0 Å². The summed E-state index contributed by atoms with van der Waals surface area (Å²) in [5.74, 6) is 0. The van der Waals surface area contributed by atoms with E-state index in [4.69, 9.17) is 8.85 Å². The van der Waals surface area contributed by atoms with Gasteiger partial charge in [-0.05, 0) is 31.9 Å². The Bertz CT molecular complexity index is 97.8. The first kappa shape index (κ1) is 11.4. The molecule has 0 bridgehead atoms. The molecule has 0 heterocycles. The van der Waals surface area contributed by atoms with E-state index in [9.17, 15) is 0 Å². The Morgan fingerprint density at radius 3 is 2.18 bits per heavy atom. The molecule has 0 saturated carbocycles. The van der Waals surface area contributed by atoms with Gasteiger partial charge in [0.25, 0.3) is 0 Å². The molecule has 0 aliphatic heterocycles. The Morgan fingerprint density at radius 1 is 1.27 bits per heavy atom. The molecule has 0 aliphatic rings. The van der Waals surface area contributed by atoms with Gasteiger partial charge in [0.05, 0.1) is 6.61 Å². The second kappa shape index (κ2) is 6.02. The molecule has 0 N–H and O–H groups in total. The summed E-state index contributed by atoms with van der Waals surface area (Å²) in [4.78, 5) is 0. The number of rotatable bonds is 6. The predicted octanol–water partition coefficient (Wildman–Crippen LogP) is 1.60. The van der Waals surface area contributed by atoms with Gasteiger partial charge in [-0.3, -0.25) is 0 Å². The number of hydrogen-bond donors (Lipinski definition) is 1. The van der Waals surface area contributed by atoms with E-state index in [1.807, 2.05) is 6.55 Å². The van der Waals surface area contributed by atoms with Crippen LogP contribution in [0.5, 0.6) is 0 Å². The van der Waals surface area contributed by atoms with Gasteiger partial charge in [0.15, 0.2) is 0 Å². The molecular weight excluding hydrogens is 180 g/mol. The summed E-state index contributed by atoms with van der Waals surface area (Å²) in [7, 11) is 1.53. The lowest BCUT2D eigenvalue weighted by molar-refractivity contribution is 0.244. The van der Waals surface area contributed by atoms with Crippen LogP contribution in [0.15, 0.2) is 0 Å². The first-order valence-corrected chi connectivity index (χ1v) is 6.44. The van der Waals surface area contributed by atoms with Crippen molar-refractivity contribution in [2.75, 3.05) is 20.8 Å². The Labute approximate surface area is 74.9 Å². The zero-order valence-corrected chi connectivity index (χ0v) is 9.19. The lowest BCUT2D eigenvalue weighted by Crippen LogP contribution is -2.36. The summed E-state index contributed by atoms with van der Waals surface area (Å²) in [6.07, 6.45) is 0.938. The summed E-state index contributed by atoms with van der Waals surface area (Å²) in [5.41, 5.74) is 0. The Hall–Kier alpha value is 0.447. The molecule has 68 valence electrons. The van der Waals surface area contributed by atoms with Crippen molar-refractivity contribution in [2.24, 2.45) is 0 Å². The largest absolute Gasteiger partial charge is 0.398 e. The fourth-order valence-electron chi connectivity index (χ4n) is 0.745. The molecule has 0 unspecified atom stereocenters. The zero-order valence-electron chi connectivity index (χ0n) is 7.29. The van der Waals surface area contributed by atoms with Crippen LogP contribution in [-0.2, 0) is 13.0 Å². The predicted molar refractivity (Wildman–Crippen MR) is 50.0 cm³/mol. The van der Waals surface area contributed by atoms with Gasteiger partial charge in [-0.15, -0.1) is 0 Å². The number of thiol groups is 1. The highest BCUT2D eigenvalue weighted by atomic mass is 32.1. The van der Waals surface area contributed by atoms with Crippen LogP contribution in [0.25, 0.3) is 0 Å². The summed E-state index contributed by atoms with van der Waals surface area (Å²) < 4.78 is 15.2. The zero-order chi connectivity index (χ0) is 8.74. The Morgan fingerprint density at radius 2 is 1.82 bits per heavy atom. The van der Waals surface area contributed by atoms with E-state index in [1.54, 1.807) is 14.2 Å². The summed E-state index contributed by atoms with van der Waals surface area (Å²) >= 11 is 3.64.